The summed E-state index contributed by atoms with van der Waals surface area (Å²) in [6, 6.07) is 17.4. The van der Waals surface area contributed by atoms with Gasteiger partial charge in [0.15, 0.2) is 0 Å². The molecule has 1 atom stereocenters. The Kier molecular flexibility index (Phi) is 7.99. The summed E-state index contributed by atoms with van der Waals surface area (Å²) in [6.45, 7) is 6.89. The van der Waals surface area contributed by atoms with Gasteiger partial charge < -0.3 is 10.1 Å². The van der Waals surface area contributed by atoms with Gasteiger partial charge in [-0.25, -0.2) is 4.79 Å². The molecule has 2 aromatic rings. The molecule has 3 rings (SSSR count). The zero-order chi connectivity index (χ0) is 21.3. The number of benzene rings is 2. The quantitative estimate of drug-likeness (QED) is 0.676. The number of rotatable bonds is 8. The molecular formula is C24H31N3O3. The first kappa shape index (κ1) is 22.0. The molecule has 0 unspecified atom stereocenters. The van der Waals surface area contributed by atoms with Gasteiger partial charge in [0.25, 0.3) is 0 Å². The van der Waals surface area contributed by atoms with Gasteiger partial charge >= 0.3 is 5.97 Å². The second-order valence-electron chi connectivity index (χ2n) is 7.81. The SMILES string of the molecule is COC(=O)[C@@H](Cc1ccccc1)NC(=O)CN1CCN(Cc2ccccc2C)CC1. The van der Waals surface area contributed by atoms with Crippen molar-refractivity contribution in [2.24, 2.45) is 0 Å². The van der Waals surface area contributed by atoms with Crippen LogP contribution in [0.2, 0.25) is 0 Å². The second kappa shape index (κ2) is 10.9. The number of hydrogen-bond acceptors (Lipinski definition) is 5. The molecular weight excluding hydrogens is 378 g/mol. The summed E-state index contributed by atoms with van der Waals surface area (Å²) in [6.07, 6.45) is 0.420. The first-order valence-electron chi connectivity index (χ1n) is 10.5. The maximum absolute atomic E-state index is 12.6. The average Bonchev–Trinajstić information content (AvgIpc) is 2.76. The first-order chi connectivity index (χ1) is 14.5. The highest BCUT2D eigenvalue weighted by Gasteiger charge is 2.24. The van der Waals surface area contributed by atoms with E-state index in [1.54, 1.807) is 0 Å². The van der Waals surface area contributed by atoms with Crippen LogP contribution in [0.25, 0.3) is 0 Å². The van der Waals surface area contributed by atoms with Gasteiger partial charge in [-0.15, -0.1) is 0 Å². The highest BCUT2D eigenvalue weighted by molar-refractivity contribution is 5.85. The summed E-state index contributed by atoms with van der Waals surface area (Å²) in [7, 11) is 1.35. The summed E-state index contributed by atoms with van der Waals surface area (Å²) in [5, 5.41) is 2.85. The molecule has 0 bridgehead atoms. The lowest BCUT2D eigenvalue weighted by atomic mass is 10.1. The van der Waals surface area contributed by atoms with Crippen LogP contribution in [0.3, 0.4) is 0 Å². The van der Waals surface area contributed by atoms with Crippen LogP contribution in [0.4, 0.5) is 0 Å². The number of hydrogen-bond donors (Lipinski definition) is 1. The van der Waals surface area contributed by atoms with Crippen LogP contribution in [-0.4, -0.2) is 67.6 Å². The lowest BCUT2D eigenvalue weighted by molar-refractivity contribution is -0.145. The van der Waals surface area contributed by atoms with Gasteiger partial charge in [0.1, 0.15) is 6.04 Å². The molecule has 0 aliphatic carbocycles. The van der Waals surface area contributed by atoms with Crippen molar-refractivity contribution >= 4 is 11.9 Å². The maximum Gasteiger partial charge on any atom is 0.328 e. The van der Waals surface area contributed by atoms with Gasteiger partial charge in [0, 0.05) is 39.1 Å². The number of ether oxygens (including phenoxy) is 1. The van der Waals surface area contributed by atoms with Crippen LogP contribution in [0.5, 0.6) is 0 Å². The molecule has 160 valence electrons. The minimum absolute atomic E-state index is 0.145. The van der Waals surface area contributed by atoms with Crippen LogP contribution >= 0.6 is 0 Å². The molecule has 1 N–H and O–H groups in total. The highest BCUT2D eigenvalue weighted by atomic mass is 16.5. The van der Waals surface area contributed by atoms with E-state index in [1.807, 2.05) is 30.3 Å². The fourth-order valence-corrected chi connectivity index (χ4v) is 3.76. The lowest BCUT2D eigenvalue weighted by Crippen LogP contribution is -2.51. The van der Waals surface area contributed by atoms with Gasteiger partial charge in [-0.2, -0.15) is 0 Å². The van der Waals surface area contributed by atoms with Crippen LogP contribution in [0.1, 0.15) is 16.7 Å². The van der Waals surface area contributed by atoms with Gasteiger partial charge in [-0.3, -0.25) is 14.6 Å². The number of amides is 1. The predicted octanol–water partition coefficient (Wildman–Crippen LogP) is 2.01. The molecule has 1 saturated heterocycles. The van der Waals surface area contributed by atoms with Gasteiger partial charge in [-0.1, -0.05) is 54.6 Å². The third-order valence-electron chi connectivity index (χ3n) is 5.59. The van der Waals surface area contributed by atoms with Gasteiger partial charge in [0.2, 0.25) is 5.91 Å². The Morgan fingerprint density at radius 1 is 0.967 bits per heavy atom. The van der Waals surface area contributed by atoms with Crippen molar-refractivity contribution in [2.75, 3.05) is 39.8 Å². The van der Waals surface area contributed by atoms with E-state index in [4.69, 9.17) is 4.74 Å². The minimum atomic E-state index is -0.674. The summed E-state index contributed by atoms with van der Waals surface area (Å²) < 4.78 is 4.88. The van der Waals surface area contributed by atoms with E-state index in [1.165, 1.54) is 18.2 Å². The number of carbonyl (C=O) groups excluding carboxylic acids is 2. The van der Waals surface area contributed by atoms with Crippen molar-refractivity contribution < 1.29 is 14.3 Å². The summed E-state index contributed by atoms with van der Waals surface area (Å²) in [4.78, 5) is 29.3. The molecule has 0 spiro atoms. The second-order valence-corrected chi connectivity index (χ2v) is 7.81. The number of carbonyl (C=O) groups is 2. The normalized spacial score (nSPS) is 16.1. The first-order valence-corrected chi connectivity index (χ1v) is 10.5. The fraction of sp³-hybridized carbons (Fsp3) is 0.417. The Morgan fingerprint density at radius 2 is 1.60 bits per heavy atom. The molecule has 1 amide bonds. The van der Waals surface area contributed by atoms with Crippen molar-refractivity contribution in [3.8, 4) is 0 Å². The van der Waals surface area contributed by atoms with Crippen molar-refractivity contribution in [1.82, 2.24) is 15.1 Å². The number of piperazine rings is 1. The molecule has 6 nitrogen and oxygen atoms in total. The molecule has 6 heteroatoms. The fourth-order valence-electron chi connectivity index (χ4n) is 3.76. The third kappa shape index (κ3) is 6.40. The zero-order valence-electron chi connectivity index (χ0n) is 17.8. The molecule has 0 saturated carbocycles. The molecule has 1 fully saturated rings. The molecule has 1 aliphatic heterocycles. The summed E-state index contributed by atoms with van der Waals surface area (Å²) >= 11 is 0. The number of esters is 1. The van der Waals surface area contributed by atoms with Crippen molar-refractivity contribution in [3.63, 3.8) is 0 Å². The third-order valence-corrected chi connectivity index (χ3v) is 5.59. The molecule has 2 aromatic carbocycles. The Bertz CT molecular complexity index is 833. The molecule has 0 aromatic heterocycles. The van der Waals surface area contributed by atoms with E-state index in [0.29, 0.717) is 13.0 Å². The van der Waals surface area contributed by atoms with E-state index in [0.717, 1.165) is 38.3 Å². The maximum atomic E-state index is 12.6. The van der Waals surface area contributed by atoms with Crippen molar-refractivity contribution in [2.45, 2.75) is 25.9 Å². The lowest BCUT2D eigenvalue weighted by Gasteiger charge is -2.34. The van der Waals surface area contributed by atoms with Crippen LogP contribution in [-0.2, 0) is 27.3 Å². The molecule has 1 aliphatic rings. The monoisotopic (exact) mass is 409 g/mol. The van der Waals surface area contributed by atoms with E-state index >= 15 is 0 Å². The minimum Gasteiger partial charge on any atom is -0.467 e. The summed E-state index contributed by atoms with van der Waals surface area (Å²) in [5.41, 5.74) is 3.65. The van der Waals surface area contributed by atoms with E-state index in [9.17, 15) is 9.59 Å². The van der Waals surface area contributed by atoms with Gasteiger partial charge in [-0.05, 0) is 23.6 Å². The Balaban J connectivity index is 1.47. The Morgan fingerprint density at radius 3 is 2.27 bits per heavy atom. The number of aryl methyl sites for hydroxylation is 1. The average molecular weight is 410 g/mol. The standard InChI is InChI=1S/C24H31N3O3/c1-19-8-6-7-11-21(19)17-26-12-14-27(15-13-26)18-23(28)25-22(24(29)30-2)16-20-9-4-3-5-10-20/h3-11,22H,12-18H2,1-2H3,(H,25,28)/t22-/m1/s1. The number of methoxy groups -OCH3 is 1. The van der Waals surface area contributed by atoms with E-state index in [-0.39, 0.29) is 5.91 Å². The number of nitrogens with zero attached hydrogens (tertiary/aromatic N) is 2. The molecule has 0 radical (unpaired) electrons. The summed E-state index contributed by atoms with van der Waals surface area (Å²) in [5.74, 6) is -0.566. The predicted molar refractivity (Wildman–Crippen MR) is 117 cm³/mol. The topological polar surface area (TPSA) is 61.9 Å². The number of nitrogens with one attached hydrogen (secondary N) is 1. The Labute approximate surface area is 178 Å². The largest absolute Gasteiger partial charge is 0.467 e. The van der Waals surface area contributed by atoms with E-state index in [2.05, 4.69) is 46.3 Å². The molecule has 1 heterocycles. The zero-order valence-corrected chi connectivity index (χ0v) is 17.8. The smallest absolute Gasteiger partial charge is 0.328 e. The van der Waals surface area contributed by atoms with Crippen LogP contribution < -0.4 is 5.32 Å². The van der Waals surface area contributed by atoms with Crippen molar-refractivity contribution in [3.05, 3.63) is 71.3 Å². The van der Waals surface area contributed by atoms with Crippen LogP contribution in [0, 0.1) is 6.92 Å². The van der Waals surface area contributed by atoms with Gasteiger partial charge in [0.05, 0.1) is 13.7 Å². The molecule has 30 heavy (non-hydrogen) atoms. The van der Waals surface area contributed by atoms with E-state index < -0.39 is 12.0 Å². The Hall–Kier alpha value is -2.70. The van der Waals surface area contributed by atoms with Crippen LogP contribution in [0.15, 0.2) is 54.6 Å². The van der Waals surface area contributed by atoms with Crippen molar-refractivity contribution in [1.29, 1.82) is 0 Å². The highest BCUT2D eigenvalue weighted by Crippen LogP contribution is 2.12.